The molecule has 1 N–H and O–H groups in total. The lowest BCUT2D eigenvalue weighted by Crippen LogP contribution is -2.18. The van der Waals surface area contributed by atoms with Gasteiger partial charge >= 0.3 is 5.97 Å². The molecule has 1 heterocycles. The van der Waals surface area contributed by atoms with Gasteiger partial charge in [0.15, 0.2) is 11.5 Å². The van der Waals surface area contributed by atoms with Gasteiger partial charge in [0.25, 0.3) is 5.91 Å². The van der Waals surface area contributed by atoms with Crippen molar-refractivity contribution in [1.82, 2.24) is 5.43 Å². The Balaban J connectivity index is 1.68. The Labute approximate surface area is 173 Å². The third kappa shape index (κ3) is 4.85. The van der Waals surface area contributed by atoms with Crippen LogP contribution in [0.25, 0.3) is 0 Å². The highest BCUT2D eigenvalue weighted by molar-refractivity contribution is 9.10. The van der Waals surface area contributed by atoms with Gasteiger partial charge in [-0.25, -0.2) is 10.2 Å². The second kappa shape index (κ2) is 9.29. The zero-order valence-electron chi connectivity index (χ0n) is 14.7. The van der Waals surface area contributed by atoms with Crippen LogP contribution in [-0.4, -0.2) is 25.2 Å². The van der Waals surface area contributed by atoms with E-state index in [2.05, 4.69) is 26.5 Å². The average molecular weight is 459 g/mol. The van der Waals surface area contributed by atoms with E-state index >= 15 is 0 Å². The lowest BCUT2D eigenvalue weighted by Gasteiger charge is -2.09. The van der Waals surface area contributed by atoms with Gasteiger partial charge < -0.3 is 9.47 Å². The van der Waals surface area contributed by atoms with Crippen LogP contribution in [0.15, 0.2) is 69.6 Å². The number of nitrogens with one attached hydrogen (secondary N) is 1. The highest BCUT2D eigenvalue weighted by Crippen LogP contribution is 2.28. The number of esters is 1. The topological polar surface area (TPSA) is 77.0 Å². The molecule has 3 rings (SSSR count). The van der Waals surface area contributed by atoms with E-state index in [1.807, 2.05) is 6.07 Å². The molecule has 142 valence electrons. The van der Waals surface area contributed by atoms with Crippen LogP contribution >= 0.6 is 27.3 Å². The highest BCUT2D eigenvalue weighted by atomic mass is 79.9. The summed E-state index contributed by atoms with van der Waals surface area (Å²) in [6.07, 6.45) is 1.47. The van der Waals surface area contributed by atoms with E-state index < -0.39 is 5.97 Å². The number of benzene rings is 2. The number of methoxy groups -OCH3 is 1. The summed E-state index contributed by atoms with van der Waals surface area (Å²) in [5.74, 6) is -0.103. The first-order valence-electron chi connectivity index (χ1n) is 8.10. The molecular weight excluding hydrogens is 444 g/mol. The van der Waals surface area contributed by atoms with Gasteiger partial charge in [-0.3, -0.25) is 4.79 Å². The van der Waals surface area contributed by atoms with Crippen LogP contribution in [0, 0.1) is 0 Å². The van der Waals surface area contributed by atoms with Crippen molar-refractivity contribution in [3.63, 3.8) is 0 Å². The van der Waals surface area contributed by atoms with E-state index in [0.717, 1.165) is 0 Å². The minimum Gasteiger partial charge on any atom is -0.493 e. The van der Waals surface area contributed by atoms with Gasteiger partial charge in [-0.15, -0.1) is 11.3 Å². The molecular formula is C20H15BrN2O4S. The first kappa shape index (κ1) is 19.8. The molecule has 0 aliphatic rings. The van der Waals surface area contributed by atoms with Crippen molar-refractivity contribution in [3.05, 3.63) is 80.5 Å². The van der Waals surface area contributed by atoms with Crippen LogP contribution in [0.2, 0.25) is 0 Å². The Morgan fingerprint density at radius 1 is 1.11 bits per heavy atom. The molecule has 8 heteroatoms. The van der Waals surface area contributed by atoms with Gasteiger partial charge in [-0.1, -0.05) is 18.2 Å². The van der Waals surface area contributed by atoms with Gasteiger partial charge in [0.2, 0.25) is 0 Å². The number of amides is 1. The number of rotatable bonds is 6. The number of nitrogens with zero attached hydrogens (tertiary/aromatic N) is 1. The summed E-state index contributed by atoms with van der Waals surface area (Å²) in [4.78, 5) is 24.7. The molecule has 0 saturated heterocycles. The monoisotopic (exact) mass is 458 g/mol. The molecule has 0 atom stereocenters. The molecule has 0 unspecified atom stereocenters. The number of carbonyl (C=O) groups excluding carboxylic acids is 2. The summed E-state index contributed by atoms with van der Waals surface area (Å²) in [6.45, 7) is 0. The number of hydrogen-bond acceptors (Lipinski definition) is 6. The summed E-state index contributed by atoms with van der Waals surface area (Å²) in [5.41, 5.74) is 3.61. The molecule has 0 fully saturated rings. The molecule has 0 bridgehead atoms. The van der Waals surface area contributed by atoms with E-state index in [4.69, 9.17) is 9.47 Å². The van der Waals surface area contributed by atoms with Crippen molar-refractivity contribution in [2.75, 3.05) is 7.11 Å². The summed E-state index contributed by atoms with van der Waals surface area (Å²) in [6, 6.07) is 15.5. The Kier molecular flexibility index (Phi) is 6.57. The smallest absolute Gasteiger partial charge is 0.353 e. The lowest BCUT2D eigenvalue weighted by molar-refractivity contribution is 0.0734. The number of hydrazone groups is 1. The standard InChI is InChI=1S/C20H15BrN2O4S/c1-26-17-11-13(8-9-16(17)27-20(25)18-7-4-10-28-18)12-22-23-19(24)14-5-2-3-6-15(14)21/h2-12H,1H3,(H,23,24). The van der Waals surface area contributed by atoms with Crippen LogP contribution in [0.5, 0.6) is 11.5 Å². The number of halogens is 1. The fourth-order valence-corrected chi connectivity index (χ4v) is 3.33. The maximum Gasteiger partial charge on any atom is 0.353 e. The normalized spacial score (nSPS) is 10.6. The van der Waals surface area contributed by atoms with Crippen molar-refractivity contribution >= 4 is 45.4 Å². The second-order valence-electron chi connectivity index (χ2n) is 5.46. The molecule has 0 saturated carbocycles. The van der Waals surface area contributed by atoms with Gasteiger partial charge in [-0.2, -0.15) is 5.10 Å². The van der Waals surface area contributed by atoms with E-state index in [1.54, 1.807) is 53.9 Å². The molecule has 1 amide bonds. The Bertz CT molecular complexity index is 1020. The molecule has 28 heavy (non-hydrogen) atoms. The number of thiophene rings is 1. The second-order valence-corrected chi connectivity index (χ2v) is 7.26. The quantitative estimate of drug-likeness (QED) is 0.255. The van der Waals surface area contributed by atoms with Crippen LogP contribution in [0.3, 0.4) is 0 Å². The van der Waals surface area contributed by atoms with E-state index in [9.17, 15) is 9.59 Å². The van der Waals surface area contributed by atoms with Gasteiger partial charge in [0.1, 0.15) is 4.88 Å². The van der Waals surface area contributed by atoms with Gasteiger partial charge in [-0.05, 0) is 63.3 Å². The first-order chi connectivity index (χ1) is 13.6. The van der Waals surface area contributed by atoms with Crippen molar-refractivity contribution in [2.45, 2.75) is 0 Å². The molecule has 0 radical (unpaired) electrons. The van der Waals surface area contributed by atoms with Crippen LogP contribution in [0.4, 0.5) is 0 Å². The molecule has 0 aliphatic carbocycles. The SMILES string of the molecule is COc1cc(C=NNC(=O)c2ccccc2Br)ccc1OC(=O)c1cccs1. The van der Waals surface area contributed by atoms with Crippen molar-refractivity contribution < 1.29 is 19.1 Å². The number of carbonyl (C=O) groups is 2. The predicted molar refractivity (Wildman–Crippen MR) is 111 cm³/mol. The number of hydrogen-bond donors (Lipinski definition) is 1. The Morgan fingerprint density at radius 3 is 2.64 bits per heavy atom. The Morgan fingerprint density at radius 2 is 1.93 bits per heavy atom. The summed E-state index contributed by atoms with van der Waals surface area (Å²) in [7, 11) is 1.48. The zero-order valence-corrected chi connectivity index (χ0v) is 17.1. The van der Waals surface area contributed by atoms with Crippen LogP contribution < -0.4 is 14.9 Å². The molecule has 6 nitrogen and oxygen atoms in total. The number of ether oxygens (including phenoxy) is 2. The third-order valence-corrected chi connectivity index (χ3v) is 5.15. The van der Waals surface area contributed by atoms with Crippen molar-refractivity contribution in [3.8, 4) is 11.5 Å². The third-order valence-electron chi connectivity index (χ3n) is 3.61. The predicted octanol–water partition coefficient (Wildman–Crippen LogP) is 4.50. The molecule has 3 aromatic rings. The molecule has 0 spiro atoms. The maximum atomic E-state index is 12.1. The molecule has 0 aliphatic heterocycles. The van der Waals surface area contributed by atoms with Gasteiger partial charge in [0, 0.05) is 4.47 Å². The minimum atomic E-state index is -0.449. The zero-order chi connectivity index (χ0) is 19.9. The molecule has 2 aromatic carbocycles. The average Bonchev–Trinajstić information content (AvgIpc) is 3.24. The van der Waals surface area contributed by atoms with E-state index in [1.165, 1.54) is 24.7 Å². The fraction of sp³-hybridized carbons (Fsp3) is 0.0500. The summed E-state index contributed by atoms with van der Waals surface area (Å²) < 4.78 is 11.3. The van der Waals surface area contributed by atoms with Crippen LogP contribution in [-0.2, 0) is 0 Å². The van der Waals surface area contributed by atoms with Crippen molar-refractivity contribution in [2.24, 2.45) is 5.10 Å². The fourth-order valence-electron chi connectivity index (χ4n) is 2.26. The highest BCUT2D eigenvalue weighted by Gasteiger charge is 2.13. The van der Waals surface area contributed by atoms with Gasteiger partial charge in [0.05, 0.1) is 18.9 Å². The van der Waals surface area contributed by atoms with Crippen LogP contribution in [0.1, 0.15) is 25.6 Å². The largest absolute Gasteiger partial charge is 0.493 e. The first-order valence-corrected chi connectivity index (χ1v) is 9.77. The lowest BCUT2D eigenvalue weighted by atomic mass is 10.2. The minimum absolute atomic E-state index is 0.301. The molecule has 1 aromatic heterocycles. The Hall–Kier alpha value is -2.97. The van der Waals surface area contributed by atoms with E-state index in [0.29, 0.717) is 32.0 Å². The summed E-state index contributed by atoms with van der Waals surface area (Å²) >= 11 is 4.62. The maximum absolute atomic E-state index is 12.1. The van der Waals surface area contributed by atoms with E-state index in [-0.39, 0.29) is 5.91 Å². The summed E-state index contributed by atoms with van der Waals surface area (Å²) in [5, 5.41) is 5.76. The van der Waals surface area contributed by atoms with Crippen molar-refractivity contribution in [1.29, 1.82) is 0 Å².